The van der Waals surface area contributed by atoms with E-state index in [-0.39, 0.29) is 24.8 Å². The van der Waals surface area contributed by atoms with Gasteiger partial charge in [-0.25, -0.2) is 9.37 Å². The summed E-state index contributed by atoms with van der Waals surface area (Å²) in [5.74, 6) is 0.779. The Morgan fingerprint density at radius 2 is 1.93 bits per heavy atom. The van der Waals surface area contributed by atoms with Gasteiger partial charge in [0.25, 0.3) is 0 Å². The Hall–Kier alpha value is -2.86. The molecule has 3 aromatic rings. The molecular weight excluding hydrogens is 369 g/mol. The Morgan fingerprint density at radius 3 is 2.56 bits per heavy atom. The molecule has 1 N–H and O–H groups in total. The number of aromatic nitrogens is 2. The minimum atomic E-state index is -0.478. The van der Waals surface area contributed by atoms with E-state index in [0.717, 1.165) is 5.56 Å². The summed E-state index contributed by atoms with van der Waals surface area (Å²) in [7, 11) is 1.84. The second-order valence-electron chi connectivity index (χ2n) is 6.00. The number of nitrogens with one attached hydrogen (secondary N) is 1. The molecule has 7 heteroatoms. The first kappa shape index (κ1) is 18.9. The van der Waals surface area contributed by atoms with Gasteiger partial charge in [-0.05, 0) is 42.0 Å². The average molecular weight is 388 g/mol. The Morgan fingerprint density at radius 1 is 1.22 bits per heavy atom. The lowest BCUT2D eigenvalue weighted by molar-refractivity contribution is -0.122. The van der Waals surface area contributed by atoms with Gasteiger partial charge in [-0.1, -0.05) is 23.7 Å². The molecule has 1 heterocycles. The maximum atomic E-state index is 13.3. The lowest BCUT2D eigenvalue weighted by Gasteiger charge is -2.19. The molecule has 0 spiro atoms. The van der Waals surface area contributed by atoms with Crippen molar-refractivity contribution >= 4 is 17.5 Å². The number of aryl methyl sites for hydroxylation is 1. The molecular formula is C20H19ClFN3O2. The van der Waals surface area contributed by atoms with Crippen molar-refractivity contribution in [3.8, 4) is 5.75 Å². The summed E-state index contributed by atoms with van der Waals surface area (Å²) in [6, 6.07) is 12.5. The monoisotopic (exact) mass is 387 g/mol. The van der Waals surface area contributed by atoms with E-state index in [2.05, 4.69) is 10.3 Å². The molecule has 0 aliphatic heterocycles. The van der Waals surface area contributed by atoms with Crippen molar-refractivity contribution < 1.29 is 13.9 Å². The molecule has 1 amide bonds. The summed E-state index contributed by atoms with van der Waals surface area (Å²) >= 11 is 5.83. The van der Waals surface area contributed by atoms with E-state index in [1.165, 1.54) is 12.1 Å². The van der Waals surface area contributed by atoms with E-state index in [4.69, 9.17) is 16.3 Å². The SMILES string of the molecule is Cn1ccnc1C(NC(=O)CCOc1ccc(Cl)cc1)c1ccc(F)cc1. The number of carbonyl (C=O) groups is 1. The fourth-order valence-corrected chi connectivity index (χ4v) is 2.76. The van der Waals surface area contributed by atoms with Crippen LogP contribution in [-0.4, -0.2) is 22.1 Å². The van der Waals surface area contributed by atoms with Crippen LogP contribution < -0.4 is 10.1 Å². The fourth-order valence-electron chi connectivity index (χ4n) is 2.63. The number of benzene rings is 2. The second kappa shape index (κ2) is 8.68. The van der Waals surface area contributed by atoms with Crippen LogP contribution in [-0.2, 0) is 11.8 Å². The zero-order valence-electron chi connectivity index (χ0n) is 14.7. The highest BCUT2D eigenvalue weighted by Gasteiger charge is 2.20. The molecule has 2 aromatic carbocycles. The van der Waals surface area contributed by atoms with Crippen LogP contribution >= 0.6 is 11.6 Å². The zero-order valence-corrected chi connectivity index (χ0v) is 15.5. The predicted molar refractivity (Wildman–Crippen MR) is 101 cm³/mol. The molecule has 0 aliphatic carbocycles. The molecule has 0 saturated heterocycles. The molecule has 1 unspecified atom stereocenters. The highest BCUT2D eigenvalue weighted by molar-refractivity contribution is 6.30. The third-order valence-corrected chi connectivity index (χ3v) is 4.29. The summed E-state index contributed by atoms with van der Waals surface area (Å²) in [5.41, 5.74) is 0.748. The Bertz CT molecular complexity index is 894. The van der Waals surface area contributed by atoms with Crippen molar-refractivity contribution in [1.29, 1.82) is 0 Å². The highest BCUT2D eigenvalue weighted by Crippen LogP contribution is 2.21. The number of carbonyl (C=O) groups excluding carboxylic acids is 1. The van der Waals surface area contributed by atoms with E-state index in [9.17, 15) is 9.18 Å². The number of hydrogen-bond acceptors (Lipinski definition) is 3. The molecule has 0 fully saturated rings. The Kier molecular flexibility index (Phi) is 6.08. The van der Waals surface area contributed by atoms with Crippen molar-refractivity contribution in [2.75, 3.05) is 6.61 Å². The average Bonchev–Trinajstić information content (AvgIpc) is 3.08. The summed E-state index contributed by atoms with van der Waals surface area (Å²) in [6.45, 7) is 0.226. The standard InChI is InChI=1S/C20H19ClFN3O2/c1-25-12-11-23-20(25)19(14-2-6-16(22)7-3-14)24-18(26)10-13-27-17-8-4-15(21)5-9-17/h2-9,11-12,19H,10,13H2,1H3,(H,24,26). The van der Waals surface area contributed by atoms with Crippen molar-refractivity contribution in [1.82, 2.24) is 14.9 Å². The number of amides is 1. The van der Waals surface area contributed by atoms with Gasteiger partial charge in [0.15, 0.2) is 0 Å². The van der Waals surface area contributed by atoms with Crippen LogP contribution in [0.5, 0.6) is 5.75 Å². The largest absolute Gasteiger partial charge is 0.493 e. The summed E-state index contributed by atoms with van der Waals surface area (Å²) in [5, 5.41) is 3.57. The summed E-state index contributed by atoms with van der Waals surface area (Å²) in [6.07, 6.45) is 3.62. The Labute approximate surface area is 161 Å². The normalized spacial score (nSPS) is 11.8. The van der Waals surface area contributed by atoms with Gasteiger partial charge in [0.05, 0.1) is 13.0 Å². The maximum absolute atomic E-state index is 13.3. The van der Waals surface area contributed by atoms with Crippen LogP contribution in [0.15, 0.2) is 60.9 Å². The first-order valence-electron chi connectivity index (χ1n) is 8.43. The van der Waals surface area contributed by atoms with Gasteiger partial charge in [-0.15, -0.1) is 0 Å². The van der Waals surface area contributed by atoms with Gasteiger partial charge in [0.2, 0.25) is 5.91 Å². The first-order valence-corrected chi connectivity index (χ1v) is 8.81. The van der Waals surface area contributed by atoms with Crippen LogP contribution in [0.4, 0.5) is 4.39 Å². The van der Waals surface area contributed by atoms with E-state index >= 15 is 0 Å². The predicted octanol–water partition coefficient (Wildman–Crippen LogP) is 3.89. The number of ether oxygens (including phenoxy) is 1. The van der Waals surface area contributed by atoms with Gasteiger partial charge in [0, 0.05) is 24.5 Å². The first-order chi connectivity index (χ1) is 13.0. The van der Waals surface area contributed by atoms with Crippen molar-refractivity contribution in [2.45, 2.75) is 12.5 Å². The Balaban J connectivity index is 1.64. The van der Waals surface area contributed by atoms with Crippen molar-refractivity contribution in [3.05, 3.63) is 83.2 Å². The number of halogens is 2. The van der Waals surface area contributed by atoms with Crippen molar-refractivity contribution in [3.63, 3.8) is 0 Å². The van der Waals surface area contributed by atoms with E-state index in [1.807, 2.05) is 11.6 Å². The molecule has 3 rings (SSSR count). The van der Waals surface area contributed by atoms with Crippen LogP contribution in [0.2, 0.25) is 5.02 Å². The molecule has 0 bridgehead atoms. The molecule has 0 saturated carbocycles. The van der Waals surface area contributed by atoms with Crippen LogP contribution in [0.25, 0.3) is 0 Å². The molecule has 1 atom stereocenters. The van der Waals surface area contributed by atoms with Crippen LogP contribution in [0.1, 0.15) is 23.9 Å². The number of hydrogen-bond donors (Lipinski definition) is 1. The van der Waals surface area contributed by atoms with Gasteiger partial charge < -0.3 is 14.6 Å². The van der Waals surface area contributed by atoms with Gasteiger partial charge >= 0.3 is 0 Å². The number of nitrogens with zero attached hydrogens (tertiary/aromatic N) is 2. The summed E-state index contributed by atoms with van der Waals surface area (Å²) < 4.78 is 20.6. The van der Waals surface area contributed by atoms with E-state index < -0.39 is 6.04 Å². The fraction of sp³-hybridized carbons (Fsp3) is 0.200. The lowest BCUT2D eigenvalue weighted by Crippen LogP contribution is -2.32. The molecule has 140 valence electrons. The number of rotatable bonds is 7. The molecule has 1 aromatic heterocycles. The van der Waals surface area contributed by atoms with E-state index in [0.29, 0.717) is 16.6 Å². The third-order valence-electron chi connectivity index (χ3n) is 4.04. The highest BCUT2D eigenvalue weighted by atomic mass is 35.5. The minimum Gasteiger partial charge on any atom is -0.493 e. The topological polar surface area (TPSA) is 56.2 Å². The molecule has 5 nitrogen and oxygen atoms in total. The van der Waals surface area contributed by atoms with E-state index in [1.54, 1.807) is 48.8 Å². The zero-order chi connectivity index (χ0) is 19.2. The van der Waals surface area contributed by atoms with Gasteiger partial charge in [-0.2, -0.15) is 0 Å². The number of imidazole rings is 1. The lowest BCUT2D eigenvalue weighted by atomic mass is 10.1. The second-order valence-corrected chi connectivity index (χ2v) is 6.44. The van der Waals surface area contributed by atoms with Gasteiger partial charge in [0.1, 0.15) is 23.4 Å². The molecule has 0 aliphatic rings. The molecule has 0 radical (unpaired) electrons. The van der Waals surface area contributed by atoms with Crippen molar-refractivity contribution in [2.24, 2.45) is 7.05 Å². The quantitative estimate of drug-likeness (QED) is 0.669. The van der Waals surface area contributed by atoms with Gasteiger partial charge in [-0.3, -0.25) is 4.79 Å². The summed E-state index contributed by atoms with van der Waals surface area (Å²) in [4.78, 5) is 16.7. The minimum absolute atomic E-state index is 0.171. The third kappa shape index (κ3) is 5.08. The smallest absolute Gasteiger partial charge is 0.224 e. The van der Waals surface area contributed by atoms with Crippen LogP contribution in [0, 0.1) is 5.82 Å². The maximum Gasteiger partial charge on any atom is 0.224 e. The van der Waals surface area contributed by atoms with Crippen LogP contribution in [0.3, 0.4) is 0 Å². The molecule has 27 heavy (non-hydrogen) atoms.